The number of nitrogens with one attached hydrogen (secondary N) is 1. The third-order valence-electron chi connectivity index (χ3n) is 5.37. The lowest BCUT2D eigenvalue weighted by molar-refractivity contribution is -0.123. The van der Waals surface area contributed by atoms with Crippen molar-refractivity contribution in [3.63, 3.8) is 0 Å². The predicted octanol–water partition coefficient (Wildman–Crippen LogP) is 3.89. The number of nitrogens with zero attached hydrogens (tertiary/aromatic N) is 1. The number of aryl methyl sites for hydroxylation is 1. The monoisotopic (exact) mass is 298 g/mol. The quantitative estimate of drug-likeness (QED) is 0.916. The van der Waals surface area contributed by atoms with Crippen LogP contribution in [0.25, 0.3) is 10.9 Å². The third-order valence-corrected chi connectivity index (χ3v) is 5.37. The summed E-state index contributed by atoms with van der Waals surface area (Å²) >= 11 is 0. The molecule has 0 radical (unpaired) electrons. The van der Waals surface area contributed by atoms with Crippen LogP contribution in [0, 0.1) is 18.8 Å². The zero-order valence-corrected chi connectivity index (χ0v) is 13.8. The summed E-state index contributed by atoms with van der Waals surface area (Å²) in [6, 6.07) is 10.7. The van der Waals surface area contributed by atoms with E-state index in [0.717, 1.165) is 17.6 Å². The molecule has 0 bridgehead atoms. The van der Waals surface area contributed by atoms with E-state index in [4.69, 9.17) is 0 Å². The van der Waals surface area contributed by atoms with Gasteiger partial charge in [0.15, 0.2) is 0 Å². The first-order valence-corrected chi connectivity index (χ1v) is 8.40. The molecule has 1 saturated carbocycles. The van der Waals surface area contributed by atoms with Crippen LogP contribution < -0.4 is 5.32 Å². The average Bonchev–Trinajstić information content (AvgIpc) is 2.80. The molecule has 2 aromatic rings. The molecular weight excluding hydrogens is 272 g/mol. The van der Waals surface area contributed by atoms with E-state index in [1.807, 2.05) is 12.1 Å². The minimum absolute atomic E-state index is 0.135. The van der Waals surface area contributed by atoms with Crippen molar-refractivity contribution < 1.29 is 4.79 Å². The minimum Gasteiger partial charge on any atom is -0.352 e. The topological polar surface area (TPSA) is 34.0 Å². The number of amides is 1. The number of benzene rings is 1. The Morgan fingerprint density at radius 2 is 2.05 bits per heavy atom. The van der Waals surface area contributed by atoms with Gasteiger partial charge in [0.1, 0.15) is 6.54 Å². The number of aromatic nitrogens is 1. The zero-order chi connectivity index (χ0) is 15.7. The van der Waals surface area contributed by atoms with Gasteiger partial charge in [-0.25, -0.2) is 0 Å². The van der Waals surface area contributed by atoms with Gasteiger partial charge >= 0.3 is 0 Å². The molecule has 1 fully saturated rings. The zero-order valence-electron chi connectivity index (χ0n) is 13.8. The maximum atomic E-state index is 12.5. The first-order valence-electron chi connectivity index (χ1n) is 8.40. The van der Waals surface area contributed by atoms with Crippen LogP contribution in [0.1, 0.15) is 38.8 Å². The van der Waals surface area contributed by atoms with Crippen molar-refractivity contribution in [2.45, 2.75) is 52.6 Å². The molecule has 1 aromatic carbocycles. The van der Waals surface area contributed by atoms with Gasteiger partial charge in [0, 0.05) is 17.3 Å². The molecule has 0 aliphatic heterocycles. The highest BCUT2D eigenvalue weighted by Gasteiger charge is 2.28. The van der Waals surface area contributed by atoms with Gasteiger partial charge in [0.05, 0.1) is 0 Å². The SMILES string of the molecule is Cc1cc2ccccc2n1CC(=O)NC1CCCC(C)C1C. The fourth-order valence-corrected chi connectivity index (χ4v) is 3.74. The molecule has 3 heteroatoms. The summed E-state index contributed by atoms with van der Waals surface area (Å²) in [4.78, 5) is 12.5. The van der Waals surface area contributed by atoms with Crippen LogP contribution in [0.2, 0.25) is 0 Å². The van der Waals surface area contributed by atoms with Crippen molar-refractivity contribution in [2.75, 3.05) is 0 Å². The molecule has 1 N–H and O–H groups in total. The fourth-order valence-electron chi connectivity index (χ4n) is 3.74. The van der Waals surface area contributed by atoms with Crippen molar-refractivity contribution in [3.8, 4) is 0 Å². The highest BCUT2D eigenvalue weighted by atomic mass is 16.2. The summed E-state index contributed by atoms with van der Waals surface area (Å²) in [5.41, 5.74) is 2.28. The number of para-hydroxylation sites is 1. The first kappa shape index (κ1) is 15.1. The number of rotatable bonds is 3. The van der Waals surface area contributed by atoms with Crippen LogP contribution in [-0.4, -0.2) is 16.5 Å². The molecule has 1 heterocycles. The van der Waals surface area contributed by atoms with Crippen molar-refractivity contribution >= 4 is 16.8 Å². The van der Waals surface area contributed by atoms with Gasteiger partial charge in [-0.1, -0.05) is 44.9 Å². The molecule has 3 unspecified atom stereocenters. The van der Waals surface area contributed by atoms with Crippen LogP contribution in [0.4, 0.5) is 0 Å². The molecular formula is C19H26N2O. The Morgan fingerprint density at radius 1 is 1.27 bits per heavy atom. The minimum atomic E-state index is 0.135. The lowest BCUT2D eigenvalue weighted by Gasteiger charge is -2.34. The maximum Gasteiger partial charge on any atom is 0.240 e. The number of hydrogen-bond acceptors (Lipinski definition) is 1. The molecule has 3 atom stereocenters. The Kier molecular flexibility index (Phi) is 4.23. The van der Waals surface area contributed by atoms with Gasteiger partial charge in [-0.3, -0.25) is 4.79 Å². The van der Waals surface area contributed by atoms with Gasteiger partial charge in [-0.15, -0.1) is 0 Å². The van der Waals surface area contributed by atoms with Gasteiger partial charge in [-0.05, 0) is 42.7 Å². The summed E-state index contributed by atoms with van der Waals surface area (Å²) < 4.78 is 2.11. The molecule has 3 nitrogen and oxygen atoms in total. The molecule has 0 spiro atoms. The molecule has 1 amide bonds. The fraction of sp³-hybridized carbons (Fsp3) is 0.526. The van der Waals surface area contributed by atoms with Crippen LogP contribution in [-0.2, 0) is 11.3 Å². The van der Waals surface area contributed by atoms with E-state index in [9.17, 15) is 4.79 Å². The largest absolute Gasteiger partial charge is 0.352 e. The second kappa shape index (κ2) is 6.15. The molecule has 3 rings (SSSR count). The van der Waals surface area contributed by atoms with Crippen LogP contribution >= 0.6 is 0 Å². The van der Waals surface area contributed by atoms with Crippen molar-refractivity contribution in [1.82, 2.24) is 9.88 Å². The van der Waals surface area contributed by atoms with Crippen molar-refractivity contribution in [3.05, 3.63) is 36.0 Å². The Morgan fingerprint density at radius 3 is 2.86 bits per heavy atom. The number of carbonyl (C=O) groups excluding carboxylic acids is 1. The summed E-state index contributed by atoms with van der Waals surface area (Å²) in [7, 11) is 0. The van der Waals surface area contributed by atoms with E-state index >= 15 is 0 Å². The van der Waals surface area contributed by atoms with Gasteiger partial charge in [0.2, 0.25) is 5.91 Å². The lowest BCUT2D eigenvalue weighted by Crippen LogP contribution is -2.44. The van der Waals surface area contributed by atoms with Gasteiger partial charge in [0.25, 0.3) is 0 Å². The first-order chi connectivity index (χ1) is 10.6. The summed E-state index contributed by atoms with van der Waals surface area (Å²) in [6.07, 6.45) is 3.62. The lowest BCUT2D eigenvalue weighted by atomic mass is 9.78. The summed E-state index contributed by atoms with van der Waals surface area (Å²) in [5, 5.41) is 4.47. The second-order valence-corrected chi connectivity index (χ2v) is 6.87. The molecule has 0 saturated heterocycles. The van der Waals surface area contributed by atoms with E-state index < -0.39 is 0 Å². The molecule has 1 aliphatic rings. The molecule has 22 heavy (non-hydrogen) atoms. The van der Waals surface area contributed by atoms with E-state index in [0.29, 0.717) is 24.4 Å². The molecule has 118 valence electrons. The van der Waals surface area contributed by atoms with Crippen molar-refractivity contribution in [2.24, 2.45) is 11.8 Å². The Balaban J connectivity index is 1.72. The van der Waals surface area contributed by atoms with Crippen molar-refractivity contribution in [1.29, 1.82) is 0 Å². The number of fused-ring (bicyclic) bond motifs is 1. The normalized spacial score (nSPS) is 25.3. The Bertz CT molecular complexity index is 673. The number of carbonyl (C=O) groups is 1. The van der Waals surface area contributed by atoms with Gasteiger partial charge < -0.3 is 9.88 Å². The Labute approximate surface area is 132 Å². The maximum absolute atomic E-state index is 12.5. The van der Waals surface area contributed by atoms with E-state index in [1.54, 1.807) is 0 Å². The van der Waals surface area contributed by atoms with Crippen LogP contribution in [0.5, 0.6) is 0 Å². The molecule has 1 aliphatic carbocycles. The van der Waals surface area contributed by atoms with Crippen LogP contribution in [0.15, 0.2) is 30.3 Å². The summed E-state index contributed by atoms with van der Waals surface area (Å²) in [5.74, 6) is 1.41. The van der Waals surface area contributed by atoms with E-state index in [1.165, 1.54) is 18.2 Å². The smallest absolute Gasteiger partial charge is 0.240 e. The standard InChI is InChI=1S/C19H26N2O/c1-13-7-6-9-17(15(13)3)20-19(22)12-21-14(2)11-16-8-4-5-10-18(16)21/h4-5,8,10-11,13,15,17H,6-7,9,12H2,1-3H3,(H,20,22). The third kappa shape index (κ3) is 2.90. The highest BCUT2D eigenvalue weighted by Crippen LogP contribution is 2.29. The molecule has 1 aromatic heterocycles. The van der Waals surface area contributed by atoms with Gasteiger partial charge in [-0.2, -0.15) is 0 Å². The summed E-state index contributed by atoms with van der Waals surface area (Å²) in [6.45, 7) is 7.05. The number of hydrogen-bond donors (Lipinski definition) is 1. The Hall–Kier alpha value is -1.77. The highest BCUT2D eigenvalue weighted by molar-refractivity contribution is 5.84. The predicted molar refractivity (Wildman–Crippen MR) is 90.8 cm³/mol. The van der Waals surface area contributed by atoms with E-state index in [-0.39, 0.29) is 5.91 Å². The second-order valence-electron chi connectivity index (χ2n) is 6.87. The average molecular weight is 298 g/mol. The van der Waals surface area contributed by atoms with E-state index in [2.05, 4.69) is 48.9 Å². The van der Waals surface area contributed by atoms with Crippen LogP contribution in [0.3, 0.4) is 0 Å².